The molecule has 0 radical (unpaired) electrons. The number of halogens is 1. The molecule has 5 heteroatoms. The van der Waals surface area contributed by atoms with E-state index < -0.39 is 0 Å². The zero-order chi connectivity index (χ0) is 15.3. The van der Waals surface area contributed by atoms with Crippen molar-refractivity contribution >= 4 is 23.3 Å². The summed E-state index contributed by atoms with van der Waals surface area (Å²) in [6, 6.07) is 3.54. The predicted octanol–water partition coefficient (Wildman–Crippen LogP) is 3.67. The van der Waals surface area contributed by atoms with Crippen molar-refractivity contribution in [3.05, 3.63) is 22.8 Å². The van der Waals surface area contributed by atoms with E-state index in [1.165, 1.54) is 0 Å². The molecule has 0 bridgehead atoms. The maximum absolute atomic E-state index is 12.5. The van der Waals surface area contributed by atoms with Gasteiger partial charge in [-0.15, -0.1) is 0 Å². The van der Waals surface area contributed by atoms with E-state index >= 15 is 0 Å². The van der Waals surface area contributed by atoms with Gasteiger partial charge < -0.3 is 10.2 Å². The Balaban J connectivity index is 2.94. The Hall–Kier alpha value is -1.29. The molecule has 0 aliphatic heterocycles. The molecule has 1 amide bonds. The summed E-state index contributed by atoms with van der Waals surface area (Å²) >= 11 is 6.00. The first-order chi connectivity index (χ1) is 9.36. The highest BCUT2D eigenvalue weighted by Gasteiger charge is 2.20. The predicted molar refractivity (Wildman–Crippen MR) is 84.4 cm³/mol. The van der Waals surface area contributed by atoms with Gasteiger partial charge in [0.05, 0.1) is 0 Å². The molecule has 1 unspecified atom stereocenters. The van der Waals surface area contributed by atoms with Crippen LogP contribution in [-0.4, -0.2) is 35.4 Å². The van der Waals surface area contributed by atoms with Crippen LogP contribution in [0.2, 0.25) is 5.15 Å². The minimum absolute atomic E-state index is 0.0324. The average molecular weight is 298 g/mol. The van der Waals surface area contributed by atoms with Gasteiger partial charge in [-0.25, -0.2) is 4.98 Å². The van der Waals surface area contributed by atoms with Gasteiger partial charge in [0.2, 0.25) is 0 Å². The number of pyridine rings is 1. The van der Waals surface area contributed by atoms with Crippen molar-refractivity contribution in [1.29, 1.82) is 0 Å². The van der Waals surface area contributed by atoms with Crippen molar-refractivity contribution in [2.24, 2.45) is 5.92 Å². The molecule has 0 saturated carbocycles. The van der Waals surface area contributed by atoms with Crippen molar-refractivity contribution in [2.45, 2.75) is 40.2 Å². The number of hydrogen-bond acceptors (Lipinski definition) is 3. The second kappa shape index (κ2) is 7.48. The van der Waals surface area contributed by atoms with Crippen LogP contribution >= 0.6 is 11.6 Å². The summed E-state index contributed by atoms with van der Waals surface area (Å²) in [7, 11) is 1.82. The quantitative estimate of drug-likeness (QED) is 0.815. The summed E-state index contributed by atoms with van der Waals surface area (Å²) in [5.74, 6) is 1.02. The van der Waals surface area contributed by atoms with Crippen LogP contribution in [0.5, 0.6) is 0 Å². The molecule has 0 aliphatic carbocycles. The highest BCUT2D eigenvalue weighted by atomic mass is 35.5. The Morgan fingerprint density at radius 3 is 2.60 bits per heavy atom. The van der Waals surface area contributed by atoms with E-state index in [-0.39, 0.29) is 11.9 Å². The van der Waals surface area contributed by atoms with Crippen LogP contribution in [0, 0.1) is 5.92 Å². The Morgan fingerprint density at radius 1 is 1.40 bits per heavy atom. The van der Waals surface area contributed by atoms with Crippen LogP contribution in [0.3, 0.4) is 0 Å². The number of carbonyl (C=O) groups excluding carboxylic acids is 1. The maximum Gasteiger partial charge on any atom is 0.254 e. The first-order valence-electron chi connectivity index (χ1n) is 7.05. The Morgan fingerprint density at radius 2 is 2.05 bits per heavy atom. The molecule has 1 aromatic heterocycles. The van der Waals surface area contributed by atoms with Crippen LogP contribution < -0.4 is 5.32 Å². The number of aromatic nitrogens is 1. The smallest absolute Gasteiger partial charge is 0.254 e. The van der Waals surface area contributed by atoms with Gasteiger partial charge in [0.15, 0.2) is 0 Å². The molecule has 0 saturated heterocycles. The number of anilines is 1. The normalized spacial score (nSPS) is 12.3. The fourth-order valence-electron chi connectivity index (χ4n) is 1.80. The second-order valence-electron chi connectivity index (χ2n) is 5.39. The first kappa shape index (κ1) is 16.8. The number of rotatable bonds is 6. The lowest BCUT2D eigenvalue weighted by atomic mass is 10.0. The van der Waals surface area contributed by atoms with E-state index in [9.17, 15) is 4.79 Å². The van der Waals surface area contributed by atoms with Gasteiger partial charge in [0, 0.05) is 25.2 Å². The van der Waals surface area contributed by atoms with Gasteiger partial charge in [0.25, 0.3) is 5.91 Å². The zero-order valence-electron chi connectivity index (χ0n) is 12.9. The molecule has 20 heavy (non-hydrogen) atoms. The fraction of sp³-hybridized carbons (Fsp3) is 0.600. The molecule has 1 heterocycles. The van der Waals surface area contributed by atoms with Crippen LogP contribution in [0.4, 0.5) is 5.82 Å². The van der Waals surface area contributed by atoms with E-state index in [0.29, 0.717) is 22.5 Å². The largest absolute Gasteiger partial charge is 0.370 e. The third-order valence-electron chi connectivity index (χ3n) is 3.49. The molecule has 4 nitrogen and oxygen atoms in total. The minimum atomic E-state index is -0.0324. The van der Waals surface area contributed by atoms with E-state index in [1.807, 2.05) is 14.0 Å². The lowest BCUT2D eigenvalue weighted by molar-refractivity contribution is 0.0707. The van der Waals surface area contributed by atoms with Crippen LogP contribution in [-0.2, 0) is 0 Å². The molecule has 0 spiro atoms. The number of nitrogens with one attached hydrogen (secondary N) is 1. The number of nitrogens with zero attached hydrogens (tertiary/aromatic N) is 2. The van der Waals surface area contributed by atoms with Crippen molar-refractivity contribution in [2.75, 3.05) is 18.9 Å². The molecule has 1 atom stereocenters. The number of amides is 1. The zero-order valence-corrected chi connectivity index (χ0v) is 13.7. The van der Waals surface area contributed by atoms with E-state index in [4.69, 9.17) is 11.6 Å². The topological polar surface area (TPSA) is 45.2 Å². The van der Waals surface area contributed by atoms with Gasteiger partial charge >= 0.3 is 0 Å². The van der Waals surface area contributed by atoms with Crippen LogP contribution in [0.25, 0.3) is 0 Å². The lowest BCUT2D eigenvalue weighted by Gasteiger charge is -2.28. The van der Waals surface area contributed by atoms with Gasteiger partial charge in [-0.1, -0.05) is 32.4 Å². The third-order valence-corrected chi connectivity index (χ3v) is 3.69. The maximum atomic E-state index is 12.5. The molecule has 0 fully saturated rings. The Labute approximate surface area is 126 Å². The molecule has 112 valence electrons. The molecular formula is C15H24ClN3O. The Bertz CT molecular complexity index is 462. The lowest BCUT2D eigenvalue weighted by Crippen LogP contribution is -2.38. The summed E-state index contributed by atoms with van der Waals surface area (Å²) < 4.78 is 0. The van der Waals surface area contributed by atoms with E-state index in [1.54, 1.807) is 17.0 Å². The molecule has 1 aromatic rings. The van der Waals surface area contributed by atoms with Crippen LogP contribution in [0.15, 0.2) is 12.1 Å². The van der Waals surface area contributed by atoms with Gasteiger partial charge in [-0.2, -0.15) is 0 Å². The Kier molecular flexibility index (Phi) is 6.27. The van der Waals surface area contributed by atoms with E-state index in [2.05, 4.69) is 31.1 Å². The van der Waals surface area contributed by atoms with Crippen molar-refractivity contribution in [3.63, 3.8) is 0 Å². The monoisotopic (exact) mass is 297 g/mol. The standard InChI is InChI=1S/C15H24ClN3O/c1-6-7-17-14-9-12(8-13(16)18-14)15(20)19(5)11(4)10(2)3/h8-11H,6-7H2,1-5H3,(H,17,18). The molecule has 1 N–H and O–H groups in total. The second-order valence-corrected chi connectivity index (χ2v) is 5.78. The summed E-state index contributed by atoms with van der Waals surface area (Å²) in [6.45, 7) is 9.12. The van der Waals surface area contributed by atoms with Gasteiger partial charge in [-0.05, 0) is 31.4 Å². The first-order valence-corrected chi connectivity index (χ1v) is 7.43. The summed E-state index contributed by atoms with van der Waals surface area (Å²) in [6.07, 6.45) is 0.988. The SMILES string of the molecule is CCCNc1cc(C(=O)N(C)C(C)C(C)C)cc(Cl)n1. The number of hydrogen-bond donors (Lipinski definition) is 1. The van der Waals surface area contributed by atoms with Gasteiger partial charge in [0.1, 0.15) is 11.0 Å². The average Bonchev–Trinajstić information content (AvgIpc) is 2.41. The molecular weight excluding hydrogens is 274 g/mol. The third kappa shape index (κ3) is 4.37. The fourth-order valence-corrected chi connectivity index (χ4v) is 2.01. The van der Waals surface area contributed by atoms with Crippen molar-refractivity contribution < 1.29 is 4.79 Å². The van der Waals surface area contributed by atoms with Crippen LogP contribution in [0.1, 0.15) is 44.5 Å². The van der Waals surface area contributed by atoms with E-state index in [0.717, 1.165) is 13.0 Å². The molecule has 0 aromatic carbocycles. The van der Waals surface area contributed by atoms with Crippen molar-refractivity contribution in [1.82, 2.24) is 9.88 Å². The van der Waals surface area contributed by atoms with Crippen molar-refractivity contribution in [3.8, 4) is 0 Å². The molecule has 1 rings (SSSR count). The van der Waals surface area contributed by atoms with Gasteiger partial charge in [-0.3, -0.25) is 4.79 Å². The highest BCUT2D eigenvalue weighted by Crippen LogP contribution is 2.18. The number of carbonyl (C=O) groups is 1. The molecule has 0 aliphatic rings. The summed E-state index contributed by atoms with van der Waals surface area (Å²) in [5.41, 5.74) is 0.568. The highest BCUT2D eigenvalue weighted by molar-refractivity contribution is 6.29. The summed E-state index contributed by atoms with van der Waals surface area (Å²) in [4.78, 5) is 18.4. The summed E-state index contributed by atoms with van der Waals surface area (Å²) in [5, 5.41) is 3.49. The minimum Gasteiger partial charge on any atom is -0.370 e.